The van der Waals surface area contributed by atoms with Crippen LogP contribution in [0.2, 0.25) is 0 Å². The Morgan fingerprint density at radius 2 is 1.83 bits per heavy atom. The molecule has 1 aliphatic carbocycles. The smallest absolute Gasteiger partial charge is 0.261 e. The van der Waals surface area contributed by atoms with Crippen LogP contribution in [0.4, 0.5) is 0 Å². The molecule has 1 aromatic carbocycles. The Morgan fingerprint density at radius 1 is 1.14 bits per heavy atom. The van der Waals surface area contributed by atoms with Crippen LogP contribution in [-0.2, 0) is 17.8 Å². The molecule has 0 saturated heterocycles. The highest BCUT2D eigenvalue weighted by atomic mass is 16.2. The summed E-state index contributed by atoms with van der Waals surface area (Å²) < 4.78 is 0. The van der Waals surface area contributed by atoms with E-state index in [0.29, 0.717) is 22.9 Å². The molecule has 2 aromatic rings. The van der Waals surface area contributed by atoms with Crippen molar-refractivity contribution in [2.75, 3.05) is 6.54 Å². The molecule has 2 atom stereocenters. The Balaban J connectivity index is 1.30. The van der Waals surface area contributed by atoms with E-state index in [9.17, 15) is 14.4 Å². The molecule has 9 heteroatoms. The van der Waals surface area contributed by atoms with Crippen molar-refractivity contribution in [3.8, 4) is 0 Å². The molecule has 0 unspecified atom stereocenters. The molecule has 9 nitrogen and oxygen atoms in total. The number of nitrogens with one attached hydrogen (secondary N) is 1. The fourth-order valence-electron chi connectivity index (χ4n) is 4.01. The van der Waals surface area contributed by atoms with Crippen molar-refractivity contribution >= 4 is 17.7 Å². The molecule has 1 fully saturated rings. The van der Waals surface area contributed by atoms with Crippen molar-refractivity contribution in [3.63, 3.8) is 0 Å². The first kappa shape index (κ1) is 19.2. The molecule has 1 aliphatic heterocycles. The van der Waals surface area contributed by atoms with Gasteiger partial charge in [0, 0.05) is 19.0 Å². The summed E-state index contributed by atoms with van der Waals surface area (Å²) in [4.78, 5) is 39.5. The van der Waals surface area contributed by atoms with Gasteiger partial charge in [0.1, 0.15) is 6.54 Å². The highest BCUT2D eigenvalue weighted by Crippen LogP contribution is 2.24. The second kappa shape index (κ2) is 8.10. The van der Waals surface area contributed by atoms with Crippen molar-refractivity contribution in [1.29, 1.82) is 0 Å². The molecule has 0 spiro atoms. The minimum absolute atomic E-state index is 0.00321. The highest BCUT2D eigenvalue weighted by molar-refractivity contribution is 6.21. The van der Waals surface area contributed by atoms with Crippen molar-refractivity contribution in [2.45, 2.75) is 51.6 Å². The van der Waals surface area contributed by atoms with Crippen LogP contribution in [0.1, 0.15) is 59.1 Å². The molecule has 1 saturated carbocycles. The number of hydrogen-bond acceptors (Lipinski definition) is 6. The number of imide groups is 1. The number of carbonyl (C=O) groups is 3. The zero-order chi connectivity index (χ0) is 20.4. The molecule has 3 amide bonds. The normalized spacial score (nSPS) is 21.3. The van der Waals surface area contributed by atoms with Crippen LogP contribution in [0.15, 0.2) is 24.3 Å². The van der Waals surface area contributed by atoms with E-state index in [1.165, 1.54) is 16.1 Å². The van der Waals surface area contributed by atoms with Crippen LogP contribution in [0.3, 0.4) is 0 Å². The number of fused-ring (bicyclic) bond motifs is 1. The summed E-state index contributed by atoms with van der Waals surface area (Å²) in [6.45, 7) is 2.34. The second-order valence-electron chi connectivity index (χ2n) is 7.73. The van der Waals surface area contributed by atoms with Gasteiger partial charge in [-0.05, 0) is 36.1 Å². The van der Waals surface area contributed by atoms with Gasteiger partial charge in [-0.3, -0.25) is 19.3 Å². The molecule has 29 heavy (non-hydrogen) atoms. The average molecular weight is 396 g/mol. The number of carbonyl (C=O) groups excluding carboxylic acids is 3. The summed E-state index contributed by atoms with van der Waals surface area (Å²) >= 11 is 0. The third-order valence-corrected chi connectivity index (χ3v) is 5.67. The number of nitrogens with zero attached hydrogens (tertiary/aromatic N) is 5. The lowest BCUT2D eigenvalue weighted by Crippen LogP contribution is -2.42. The number of amides is 3. The number of tetrazole rings is 1. The molecule has 0 bridgehead atoms. The van der Waals surface area contributed by atoms with Gasteiger partial charge < -0.3 is 5.32 Å². The van der Waals surface area contributed by atoms with Gasteiger partial charge in [0.05, 0.1) is 11.1 Å². The van der Waals surface area contributed by atoms with Gasteiger partial charge in [-0.2, -0.15) is 4.80 Å². The first-order valence-corrected chi connectivity index (χ1v) is 10.0. The van der Waals surface area contributed by atoms with Gasteiger partial charge >= 0.3 is 0 Å². The first-order valence-electron chi connectivity index (χ1n) is 10.0. The van der Waals surface area contributed by atoms with Crippen LogP contribution in [0.5, 0.6) is 0 Å². The molecule has 2 heterocycles. The molecular formula is C20H24N6O3. The molecule has 2 aliphatic rings. The largest absolute Gasteiger partial charge is 0.351 e. The fourth-order valence-corrected chi connectivity index (χ4v) is 4.01. The van der Waals surface area contributed by atoms with Gasteiger partial charge in [-0.25, -0.2) is 0 Å². The van der Waals surface area contributed by atoms with Crippen molar-refractivity contribution in [2.24, 2.45) is 5.92 Å². The molecular weight excluding hydrogens is 372 g/mol. The lowest BCUT2D eigenvalue weighted by Gasteiger charge is -2.29. The van der Waals surface area contributed by atoms with Crippen LogP contribution in [0.25, 0.3) is 0 Å². The maximum atomic E-state index is 12.4. The fraction of sp³-hybridized carbons (Fsp3) is 0.500. The zero-order valence-electron chi connectivity index (χ0n) is 16.4. The maximum absolute atomic E-state index is 12.4. The summed E-state index contributed by atoms with van der Waals surface area (Å²) in [7, 11) is 0. The third-order valence-electron chi connectivity index (χ3n) is 5.67. The van der Waals surface area contributed by atoms with Crippen molar-refractivity contribution < 1.29 is 14.4 Å². The molecule has 1 aromatic heterocycles. The van der Waals surface area contributed by atoms with Gasteiger partial charge in [0.15, 0.2) is 5.82 Å². The minimum atomic E-state index is -0.307. The van der Waals surface area contributed by atoms with Gasteiger partial charge in [0.2, 0.25) is 5.91 Å². The van der Waals surface area contributed by atoms with Crippen LogP contribution in [0, 0.1) is 5.92 Å². The van der Waals surface area contributed by atoms with Gasteiger partial charge in [-0.1, -0.05) is 31.9 Å². The lowest BCUT2D eigenvalue weighted by atomic mass is 9.86. The SMILES string of the molecule is C[C@@H]1CCCC[C@@H]1NC(=O)Cn1nnc(CCN2C(=O)c3ccccc3C2=O)n1. The number of benzene rings is 1. The quantitative estimate of drug-likeness (QED) is 0.735. The second-order valence-corrected chi connectivity index (χ2v) is 7.73. The number of aromatic nitrogens is 4. The topological polar surface area (TPSA) is 110 Å². The molecule has 0 radical (unpaired) electrons. The summed E-state index contributed by atoms with van der Waals surface area (Å²) in [6.07, 6.45) is 4.78. The van der Waals surface area contributed by atoms with E-state index in [4.69, 9.17) is 0 Å². The van der Waals surface area contributed by atoms with E-state index in [1.807, 2.05) is 0 Å². The van der Waals surface area contributed by atoms with Gasteiger partial charge in [0.25, 0.3) is 11.8 Å². The Labute approximate surface area is 168 Å². The zero-order valence-corrected chi connectivity index (χ0v) is 16.4. The predicted molar refractivity (Wildman–Crippen MR) is 103 cm³/mol. The first-order chi connectivity index (χ1) is 14.0. The minimum Gasteiger partial charge on any atom is -0.351 e. The van der Waals surface area contributed by atoms with E-state index >= 15 is 0 Å². The molecule has 1 N–H and O–H groups in total. The van der Waals surface area contributed by atoms with E-state index in [2.05, 4.69) is 27.7 Å². The summed E-state index contributed by atoms with van der Waals surface area (Å²) in [5.41, 5.74) is 0.838. The van der Waals surface area contributed by atoms with Crippen LogP contribution >= 0.6 is 0 Å². The molecule has 152 valence electrons. The number of hydrogen-bond donors (Lipinski definition) is 1. The monoisotopic (exact) mass is 396 g/mol. The predicted octanol–water partition coefficient (Wildman–Crippen LogP) is 1.21. The summed E-state index contributed by atoms with van der Waals surface area (Å²) in [5, 5.41) is 15.1. The Hall–Kier alpha value is -3.10. The average Bonchev–Trinajstić information content (AvgIpc) is 3.25. The summed E-state index contributed by atoms with van der Waals surface area (Å²) in [5.74, 6) is 0.123. The lowest BCUT2D eigenvalue weighted by molar-refractivity contribution is -0.123. The molecule has 4 rings (SSSR count). The van der Waals surface area contributed by atoms with Crippen molar-refractivity contribution in [1.82, 2.24) is 30.4 Å². The number of rotatable bonds is 6. The maximum Gasteiger partial charge on any atom is 0.261 e. The Bertz CT molecular complexity index is 905. The van der Waals surface area contributed by atoms with E-state index in [-0.39, 0.29) is 43.3 Å². The van der Waals surface area contributed by atoms with E-state index in [0.717, 1.165) is 19.3 Å². The highest BCUT2D eigenvalue weighted by Gasteiger charge is 2.34. The van der Waals surface area contributed by atoms with Crippen molar-refractivity contribution in [3.05, 3.63) is 41.2 Å². The van der Waals surface area contributed by atoms with E-state index < -0.39 is 0 Å². The van der Waals surface area contributed by atoms with Crippen LogP contribution < -0.4 is 5.32 Å². The Morgan fingerprint density at radius 3 is 2.52 bits per heavy atom. The Kier molecular flexibility index (Phi) is 5.37. The van der Waals surface area contributed by atoms with Gasteiger partial charge in [-0.15, -0.1) is 10.2 Å². The summed E-state index contributed by atoms with van der Waals surface area (Å²) in [6, 6.07) is 6.97. The van der Waals surface area contributed by atoms with E-state index in [1.54, 1.807) is 24.3 Å². The standard InChI is InChI=1S/C20H24N6O3/c1-13-6-2-5-9-16(13)21-18(27)12-26-23-17(22-24-26)10-11-25-19(28)14-7-3-4-8-15(14)20(25)29/h3-4,7-8,13,16H,2,5-6,9-12H2,1H3,(H,21,27)/t13-,16+/m1/s1. The third kappa shape index (κ3) is 4.03. The van der Waals surface area contributed by atoms with Crippen LogP contribution in [-0.4, -0.2) is 55.4 Å².